The minimum Gasteiger partial charge on any atom is -0.370 e. The molecule has 0 aliphatic rings. The molecule has 1 heterocycles. The van der Waals surface area contributed by atoms with Crippen LogP contribution in [0.15, 0.2) is 42.7 Å². The largest absolute Gasteiger partial charge is 0.370 e. The molecule has 0 amide bonds. The minimum atomic E-state index is 0.557. The molecule has 1 N–H and O–H groups in total. The van der Waals surface area contributed by atoms with Crippen molar-refractivity contribution >= 4 is 5.82 Å². The van der Waals surface area contributed by atoms with E-state index in [-0.39, 0.29) is 0 Å². The number of nitrogens with one attached hydrogen (secondary N) is 1. The van der Waals surface area contributed by atoms with Crippen LogP contribution in [0.3, 0.4) is 0 Å². The number of rotatable bonds is 5. The van der Waals surface area contributed by atoms with Crippen LogP contribution in [-0.4, -0.2) is 16.5 Å². The molecule has 0 fully saturated rings. The van der Waals surface area contributed by atoms with Gasteiger partial charge >= 0.3 is 0 Å². The third kappa shape index (κ3) is 3.55. The molecule has 3 nitrogen and oxygen atoms in total. The van der Waals surface area contributed by atoms with Crippen LogP contribution < -0.4 is 5.32 Å². The van der Waals surface area contributed by atoms with Crippen LogP contribution in [0.5, 0.6) is 0 Å². The van der Waals surface area contributed by atoms with Gasteiger partial charge < -0.3 is 5.32 Å². The number of aromatic nitrogens is 2. The highest BCUT2D eigenvalue weighted by Crippen LogP contribution is 2.18. The van der Waals surface area contributed by atoms with E-state index in [2.05, 4.69) is 52.5 Å². The molecule has 0 bridgehead atoms. The number of aryl methyl sites for hydroxylation is 1. The number of hydrogen-bond acceptors (Lipinski definition) is 3. The molecule has 2 rings (SSSR count). The maximum atomic E-state index is 4.19. The van der Waals surface area contributed by atoms with Crippen LogP contribution in [-0.2, 0) is 0 Å². The molecular formula is C15H19N3. The van der Waals surface area contributed by atoms with Crippen LogP contribution in [0, 0.1) is 6.92 Å². The second-order valence-electron chi connectivity index (χ2n) is 4.57. The number of nitrogens with zero attached hydrogens (tertiary/aromatic N) is 2. The molecule has 1 aromatic heterocycles. The monoisotopic (exact) mass is 241 g/mol. The first-order valence-electron chi connectivity index (χ1n) is 6.33. The lowest BCUT2D eigenvalue weighted by atomic mass is 9.98. The summed E-state index contributed by atoms with van der Waals surface area (Å²) >= 11 is 0. The lowest BCUT2D eigenvalue weighted by molar-refractivity contribution is 0.704. The fourth-order valence-corrected chi connectivity index (χ4v) is 1.92. The van der Waals surface area contributed by atoms with Gasteiger partial charge in [0.15, 0.2) is 0 Å². The zero-order valence-corrected chi connectivity index (χ0v) is 10.9. The predicted molar refractivity (Wildman–Crippen MR) is 74.7 cm³/mol. The molecule has 3 heteroatoms. The van der Waals surface area contributed by atoms with E-state index in [0.717, 1.165) is 24.5 Å². The van der Waals surface area contributed by atoms with Crippen LogP contribution in [0.2, 0.25) is 0 Å². The molecule has 94 valence electrons. The van der Waals surface area contributed by atoms with Gasteiger partial charge in [-0.05, 0) is 24.8 Å². The molecule has 0 spiro atoms. The van der Waals surface area contributed by atoms with Gasteiger partial charge in [0.05, 0.1) is 0 Å². The van der Waals surface area contributed by atoms with Crippen LogP contribution in [0.25, 0.3) is 0 Å². The van der Waals surface area contributed by atoms with E-state index in [1.54, 1.807) is 6.33 Å². The quantitative estimate of drug-likeness (QED) is 0.872. The molecular weight excluding hydrogens is 222 g/mol. The summed E-state index contributed by atoms with van der Waals surface area (Å²) in [6.45, 7) is 5.15. The summed E-state index contributed by atoms with van der Waals surface area (Å²) < 4.78 is 0. The maximum Gasteiger partial charge on any atom is 0.129 e. The molecule has 2 aromatic rings. The lowest BCUT2D eigenvalue weighted by Gasteiger charge is -2.12. The summed E-state index contributed by atoms with van der Waals surface area (Å²) in [6.07, 6.45) is 2.69. The molecule has 0 aliphatic carbocycles. The van der Waals surface area contributed by atoms with Gasteiger partial charge in [0.25, 0.3) is 0 Å². The topological polar surface area (TPSA) is 37.8 Å². The normalized spacial score (nSPS) is 12.1. The Labute approximate surface area is 108 Å². The van der Waals surface area contributed by atoms with Crippen molar-refractivity contribution in [1.29, 1.82) is 0 Å². The summed E-state index contributed by atoms with van der Waals surface area (Å²) in [7, 11) is 0. The van der Waals surface area contributed by atoms with Gasteiger partial charge in [-0.15, -0.1) is 0 Å². The van der Waals surface area contributed by atoms with E-state index in [4.69, 9.17) is 0 Å². The number of hydrogen-bond donors (Lipinski definition) is 1. The Kier molecular flexibility index (Phi) is 4.29. The second kappa shape index (κ2) is 6.15. The second-order valence-corrected chi connectivity index (χ2v) is 4.57. The molecule has 0 aliphatic heterocycles. The number of anilines is 1. The van der Waals surface area contributed by atoms with Gasteiger partial charge in [-0.1, -0.05) is 37.3 Å². The Morgan fingerprint density at radius 1 is 1.17 bits per heavy atom. The highest BCUT2D eigenvalue weighted by molar-refractivity contribution is 5.34. The van der Waals surface area contributed by atoms with Gasteiger partial charge in [-0.2, -0.15) is 0 Å². The first kappa shape index (κ1) is 12.6. The fourth-order valence-electron chi connectivity index (χ4n) is 1.92. The fraction of sp³-hybridized carbons (Fsp3) is 0.333. The van der Waals surface area contributed by atoms with Crippen molar-refractivity contribution in [2.75, 3.05) is 11.9 Å². The lowest BCUT2D eigenvalue weighted by Crippen LogP contribution is -2.07. The van der Waals surface area contributed by atoms with Gasteiger partial charge in [-0.3, -0.25) is 0 Å². The SMILES string of the molecule is Cc1cc(NCCC(C)c2ccccc2)ncn1. The highest BCUT2D eigenvalue weighted by atomic mass is 15.0. The smallest absolute Gasteiger partial charge is 0.129 e. The van der Waals surface area contributed by atoms with E-state index < -0.39 is 0 Å². The van der Waals surface area contributed by atoms with Crippen molar-refractivity contribution in [3.05, 3.63) is 54.0 Å². The van der Waals surface area contributed by atoms with Crippen LogP contribution in [0.1, 0.15) is 30.5 Å². The summed E-state index contributed by atoms with van der Waals surface area (Å²) in [6, 6.07) is 12.6. The number of benzene rings is 1. The average molecular weight is 241 g/mol. The minimum absolute atomic E-state index is 0.557. The van der Waals surface area contributed by atoms with Crippen molar-refractivity contribution in [2.45, 2.75) is 26.2 Å². The van der Waals surface area contributed by atoms with Crippen molar-refractivity contribution in [2.24, 2.45) is 0 Å². The average Bonchev–Trinajstić information content (AvgIpc) is 2.40. The van der Waals surface area contributed by atoms with Crippen molar-refractivity contribution in [3.63, 3.8) is 0 Å². The Balaban J connectivity index is 1.82. The zero-order chi connectivity index (χ0) is 12.8. The highest BCUT2D eigenvalue weighted by Gasteiger charge is 2.04. The first-order chi connectivity index (χ1) is 8.75. The Bertz CT molecular complexity index is 482. The van der Waals surface area contributed by atoms with Crippen LogP contribution >= 0.6 is 0 Å². The van der Waals surface area contributed by atoms with Gasteiger partial charge in [0.2, 0.25) is 0 Å². The summed E-state index contributed by atoms with van der Waals surface area (Å²) in [4.78, 5) is 8.27. The van der Waals surface area contributed by atoms with E-state index >= 15 is 0 Å². The third-order valence-electron chi connectivity index (χ3n) is 3.06. The van der Waals surface area contributed by atoms with Gasteiger partial charge in [0, 0.05) is 18.3 Å². The van der Waals surface area contributed by atoms with E-state index in [1.165, 1.54) is 5.56 Å². The molecule has 1 aromatic carbocycles. The van der Waals surface area contributed by atoms with Gasteiger partial charge in [-0.25, -0.2) is 9.97 Å². The summed E-state index contributed by atoms with van der Waals surface area (Å²) in [5.74, 6) is 1.46. The molecule has 0 saturated carbocycles. The molecule has 1 unspecified atom stereocenters. The van der Waals surface area contributed by atoms with E-state index in [0.29, 0.717) is 5.92 Å². The summed E-state index contributed by atoms with van der Waals surface area (Å²) in [5.41, 5.74) is 2.38. The first-order valence-corrected chi connectivity index (χ1v) is 6.33. The van der Waals surface area contributed by atoms with Crippen molar-refractivity contribution < 1.29 is 0 Å². The van der Waals surface area contributed by atoms with E-state index in [1.807, 2.05) is 13.0 Å². The Hall–Kier alpha value is -1.90. The third-order valence-corrected chi connectivity index (χ3v) is 3.06. The summed E-state index contributed by atoms with van der Waals surface area (Å²) in [5, 5.41) is 3.34. The van der Waals surface area contributed by atoms with Gasteiger partial charge in [0.1, 0.15) is 12.1 Å². The molecule has 18 heavy (non-hydrogen) atoms. The van der Waals surface area contributed by atoms with Crippen molar-refractivity contribution in [3.8, 4) is 0 Å². The van der Waals surface area contributed by atoms with Crippen LogP contribution in [0.4, 0.5) is 5.82 Å². The zero-order valence-electron chi connectivity index (χ0n) is 10.9. The Morgan fingerprint density at radius 2 is 1.94 bits per heavy atom. The van der Waals surface area contributed by atoms with Crippen molar-refractivity contribution in [1.82, 2.24) is 9.97 Å². The predicted octanol–water partition coefficient (Wildman–Crippen LogP) is 3.39. The molecule has 0 radical (unpaired) electrons. The molecule has 1 atom stereocenters. The molecule has 0 saturated heterocycles. The maximum absolute atomic E-state index is 4.19. The Morgan fingerprint density at radius 3 is 2.67 bits per heavy atom. The standard InChI is InChI=1S/C15H19N3/c1-12(14-6-4-3-5-7-14)8-9-16-15-10-13(2)17-11-18-15/h3-7,10-12H,8-9H2,1-2H3,(H,16,17,18). The van der Waals surface area contributed by atoms with E-state index in [9.17, 15) is 0 Å².